The molecule has 0 saturated carbocycles. The predicted molar refractivity (Wildman–Crippen MR) is 128 cm³/mol. The molecule has 1 unspecified atom stereocenters. The zero-order valence-electron chi connectivity index (χ0n) is 20.2. The number of ether oxygens (including phenoxy) is 3. The summed E-state index contributed by atoms with van der Waals surface area (Å²) in [5, 5.41) is 2.82. The van der Waals surface area contributed by atoms with E-state index < -0.39 is 27.9 Å². The summed E-state index contributed by atoms with van der Waals surface area (Å²) in [5.74, 6) is -0.317. The van der Waals surface area contributed by atoms with Crippen molar-refractivity contribution >= 4 is 21.9 Å². The highest BCUT2D eigenvalue weighted by Gasteiger charge is 2.28. The largest absolute Gasteiger partial charge is 0.497 e. The van der Waals surface area contributed by atoms with E-state index >= 15 is 0 Å². The molecule has 34 heavy (non-hydrogen) atoms. The standard InChI is InChI=1S/C24H32N2O7S/c1-6-26(7-2)34(29,30)22-15-18(12-13-21(22)32-5)24(28)25-20(16-23(27)33-8-3)17-10-9-11-19(14-17)31-4/h9-15,20H,6-8,16H2,1-5H3,(H,25,28). The van der Waals surface area contributed by atoms with Gasteiger partial charge in [0, 0.05) is 18.7 Å². The summed E-state index contributed by atoms with van der Waals surface area (Å²) in [6, 6.07) is 10.5. The number of esters is 1. The molecule has 2 aromatic carbocycles. The molecule has 1 N–H and O–H groups in total. The Balaban J connectivity index is 2.43. The molecule has 1 atom stereocenters. The van der Waals surface area contributed by atoms with Crippen LogP contribution in [0.3, 0.4) is 0 Å². The number of carbonyl (C=O) groups is 2. The summed E-state index contributed by atoms with van der Waals surface area (Å²) in [6.45, 7) is 5.93. The number of amides is 1. The van der Waals surface area contributed by atoms with Gasteiger partial charge in [0.05, 0.1) is 33.3 Å². The summed E-state index contributed by atoms with van der Waals surface area (Å²) < 4.78 is 43.1. The molecule has 9 nitrogen and oxygen atoms in total. The smallest absolute Gasteiger partial charge is 0.308 e. The first kappa shape index (κ1) is 27.1. The Hall–Kier alpha value is -3.11. The van der Waals surface area contributed by atoms with Gasteiger partial charge in [-0.3, -0.25) is 9.59 Å². The molecule has 186 valence electrons. The Bertz CT molecular complexity index is 1100. The lowest BCUT2D eigenvalue weighted by atomic mass is 10.0. The van der Waals surface area contributed by atoms with Gasteiger partial charge in [0.2, 0.25) is 10.0 Å². The van der Waals surface area contributed by atoms with E-state index in [0.717, 1.165) is 0 Å². The van der Waals surface area contributed by atoms with Crippen LogP contribution in [0.15, 0.2) is 47.4 Å². The molecule has 0 aliphatic rings. The SMILES string of the molecule is CCOC(=O)CC(NC(=O)c1ccc(OC)c(S(=O)(=O)N(CC)CC)c1)c1cccc(OC)c1. The van der Waals surface area contributed by atoms with Gasteiger partial charge in [0.25, 0.3) is 5.91 Å². The quantitative estimate of drug-likeness (QED) is 0.453. The topological polar surface area (TPSA) is 111 Å². The maximum atomic E-state index is 13.2. The van der Waals surface area contributed by atoms with Crippen LogP contribution in [-0.4, -0.2) is 58.5 Å². The van der Waals surface area contributed by atoms with Gasteiger partial charge in [-0.05, 0) is 42.8 Å². The third-order valence-corrected chi connectivity index (χ3v) is 7.30. The molecule has 0 spiro atoms. The fraction of sp³-hybridized carbons (Fsp3) is 0.417. The van der Waals surface area contributed by atoms with Crippen molar-refractivity contribution in [1.29, 1.82) is 0 Å². The molecule has 2 rings (SSSR count). The molecule has 2 aromatic rings. The number of benzene rings is 2. The van der Waals surface area contributed by atoms with E-state index in [1.165, 1.54) is 36.7 Å². The van der Waals surface area contributed by atoms with Crippen molar-refractivity contribution in [2.45, 2.75) is 38.1 Å². The monoisotopic (exact) mass is 492 g/mol. The molecule has 0 heterocycles. The fourth-order valence-electron chi connectivity index (χ4n) is 3.46. The summed E-state index contributed by atoms with van der Waals surface area (Å²) >= 11 is 0. The van der Waals surface area contributed by atoms with Crippen LogP contribution in [0.1, 0.15) is 49.2 Å². The second-order valence-corrected chi connectivity index (χ2v) is 9.17. The van der Waals surface area contributed by atoms with E-state index in [-0.39, 0.29) is 42.3 Å². The Labute approximate surface area is 201 Å². The molecule has 0 aromatic heterocycles. The van der Waals surface area contributed by atoms with Crippen LogP contribution in [-0.2, 0) is 19.6 Å². The molecule has 0 aliphatic heterocycles. The Morgan fingerprint density at radius 1 is 1.00 bits per heavy atom. The Morgan fingerprint density at radius 2 is 1.71 bits per heavy atom. The second-order valence-electron chi connectivity index (χ2n) is 7.27. The number of rotatable bonds is 12. The van der Waals surface area contributed by atoms with Gasteiger partial charge < -0.3 is 19.5 Å². The number of hydrogen-bond acceptors (Lipinski definition) is 7. The normalized spacial score (nSPS) is 12.2. The fourth-order valence-corrected chi connectivity index (χ4v) is 5.10. The van der Waals surface area contributed by atoms with E-state index in [1.807, 2.05) is 0 Å². The number of nitrogens with zero attached hydrogens (tertiary/aromatic N) is 1. The van der Waals surface area contributed by atoms with E-state index in [9.17, 15) is 18.0 Å². The number of sulfonamides is 1. The van der Waals surface area contributed by atoms with Crippen LogP contribution in [0.4, 0.5) is 0 Å². The summed E-state index contributed by atoms with van der Waals surface area (Å²) in [6.07, 6.45) is -0.104. The Kier molecular flexibility index (Phi) is 9.88. The Morgan fingerprint density at radius 3 is 2.29 bits per heavy atom. The van der Waals surface area contributed by atoms with E-state index in [2.05, 4.69) is 5.32 Å². The number of hydrogen-bond donors (Lipinski definition) is 1. The molecule has 1 amide bonds. The predicted octanol–water partition coefficient (Wildman–Crippen LogP) is 3.16. The molecule has 10 heteroatoms. The maximum absolute atomic E-state index is 13.2. The van der Waals surface area contributed by atoms with Crippen molar-refractivity contribution < 1.29 is 32.2 Å². The van der Waals surface area contributed by atoms with Gasteiger partial charge in [-0.25, -0.2) is 8.42 Å². The van der Waals surface area contributed by atoms with Gasteiger partial charge >= 0.3 is 5.97 Å². The summed E-state index contributed by atoms with van der Waals surface area (Å²) in [5.41, 5.74) is 0.758. The first-order valence-corrected chi connectivity index (χ1v) is 12.4. The van der Waals surface area contributed by atoms with Crippen molar-refractivity contribution in [2.24, 2.45) is 0 Å². The highest BCUT2D eigenvalue weighted by Crippen LogP contribution is 2.29. The van der Waals surface area contributed by atoms with Crippen LogP contribution in [0.5, 0.6) is 11.5 Å². The molecule has 0 fully saturated rings. The third kappa shape index (κ3) is 6.48. The molecule has 0 bridgehead atoms. The van der Waals surface area contributed by atoms with Crippen molar-refractivity contribution in [1.82, 2.24) is 9.62 Å². The van der Waals surface area contributed by atoms with E-state index in [4.69, 9.17) is 14.2 Å². The zero-order chi connectivity index (χ0) is 25.3. The van der Waals surface area contributed by atoms with Crippen molar-refractivity contribution in [3.8, 4) is 11.5 Å². The van der Waals surface area contributed by atoms with Crippen molar-refractivity contribution in [3.05, 3.63) is 53.6 Å². The highest BCUT2D eigenvalue weighted by molar-refractivity contribution is 7.89. The first-order chi connectivity index (χ1) is 16.2. The van der Waals surface area contributed by atoms with Gasteiger partial charge in [0.1, 0.15) is 16.4 Å². The lowest BCUT2D eigenvalue weighted by Crippen LogP contribution is -2.32. The van der Waals surface area contributed by atoms with Gasteiger partial charge in [-0.1, -0.05) is 26.0 Å². The average Bonchev–Trinajstić information content (AvgIpc) is 2.83. The van der Waals surface area contributed by atoms with E-state index in [1.54, 1.807) is 45.0 Å². The summed E-state index contributed by atoms with van der Waals surface area (Å²) in [7, 11) is -0.988. The van der Waals surface area contributed by atoms with Crippen LogP contribution >= 0.6 is 0 Å². The lowest BCUT2D eigenvalue weighted by molar-refractivity contribution is -0.143. The van der Waals surface area contributed by atoms with Crippen molar-refractivity contribution in [3.63, 3.8) is 0 Å². The molecule has 0 radical (unpaired) electrons. The summed E-state index contributed by atoms with van der Waals surface area (Å²) in [4.78, 5) is 25.3. The minimum atomic E-state index is -3.88. The molecule has 0 saturated heterocycles. The minimum absolute atomic E-state index is 0.102. The van der Waals surface area contributed by atoms with Crippen LogP contribution < -0.4 is 14.8 Å². The highest BCUT2D eigenvalue weighted by atomic mass is 32.2. The van der Waals surface area contributed by atoms with Crippen LogP contribution in [0, 0.1) is 0 Å². The van der Waals surface area contributed by atoms with Crippen LogP contribution in [0.25, 0.3) is 0 Å². The third-order valence-electron chi connectivity index (χ3n) is 5.23. The number of carbonyl (C=O) groups excluding carboxylic acids is 2. The second kappa shape index (κ2) is 12.4. The average molecular weight is 493 g/mol. The zero-order valence-corrected chi connectivity index (χ0v) is 21.0. The molecular formula is C24H32N2O7S. The number of nitrogens with one attached hydrogen (secondary N) is 1. The van der Waals surface area contributed by atoms with Gasteiger partial charge in [-0.15, -0.1) is 0 Å². The number of methoxy groups -OCH3 is 2. The lowest BCUT2D eigenvalue weighted by Gasteiger charge is -2.21. The minimum Gasteiger partial charge on any atom is -0.497 e. The van der Waals surface area contributed by atoms with Gasteiger partial charge in [0.15, 0.2) is 0 Å². The van der Waals surface area contributed by atoms with E-state index in [0.29, 0.717) is 11.3 Å². The van der Waals surface area contributed by atoms with Gasteiger partial charge in [-0.2, -0.15) is 4.31 Å². The maximum Gasteiger partial charge on any atom is 0.308 e. The van der Waals surface area contributed by atoms with Crippen molar-refractivity contribution in [2.75, 3.05) is 33.9 Å². The van der Waals surface area contributed by atoms with Crippen LogP contribution in [0.2, 0.25) is 0 Å². The first-order valence-electron chi connectivity index (χ1n) is 11.0. The molecule has 0 aliphatic carbocycles. The molecular weight excluding hydrogens is 460 g/mol.